The first kappa shape index (κ1) is 11.8. The van der Waals surface area contributed by atoms with E-state index in [-0.39, 0.29) is 4.75 Å². The van der Waals surface area contributed by atoms with Gasteiger partial charge in [0.15, 0.2) is 0 Å². The summed E-state index contributed by atoms with van der Waals surface area (Å²) in [6.07, 6.45) is 1.70. The molecule has 0 aromatic heterocycles. The fourth-order valence-corrected chi connectivity index (χ4v) is 2.55. The van der Waals surface area contributed by atoms with Crippen LogP contribution in [-0.2, 0) is 10.8 Å². The Balaban J connectivity index is 2.79. The second-order valence-corrected chi connectivity index (χ2v) is 7.42. The van der Waals surface area contributed by atoms with E-state index in [4.69, 9.17) is 0 Å². The largest absolute Gasteiger partial charge is 0.255 e. The van der Waals surface area contributed by atoms with Crippen molar-refractivity contribution < 1.29 is 4.21 Å². The van der Waals surface area contributed by atoms with Crippen LogP contribution < -0.4 is 0 Å². The molecule has 0 saturated carbocycles. The molecule has 0 aliphatic heterocycles. The standard InChI is InChI=1S/C11H16OS2/c1-11(2,3)13-9-5-7-10(8-6-9)14(4)12/h5-8H,1-4H3. The Bertz CT molecular complexity index is 322. The molecule has 0 aliphatic carbocycles. The van der Waals surface area contributed by atoms with Gasteiger partial charge in [0.25, 0.3) is 0 Å². The van der Waals surface area contributed by atoms with E-state index in [1.165, 1.54) is 4.90 Å². The summed E-state index contributed by atoms with van der Waals surface area (Å²) in [5.41, 5.74) is 0. The molecule has 0 aliphatic rings. The minimum Gasteiger partial charge on any atom is -0.255 e. The van der Waals surface area contributed by atoms with Crippen LogP contribution in [0.4, 0.5) is 0 Å². The van der Waals surface area contributed by atoms with Crippen molar-refractivity contribution in [3.63, 3.8) is 0 Å². The van der Waals surface area contributed by atoms with Crippen LogP contribution >= 0.6 is 11.8 Å². The molecule has 1 nitrogen and oxygen atoms in total. The summed E-state index contributed by atoms with van der Waals surface area (Å²) < 4.78 is 11.4. The number of benzene rings is 1. The molecule has 0 radical (unpaired) electrons. The quantitative estimate of drug-likeness (QED) is 0.722. The average molecular weight is 228 g/mol. The van der Waals surface area contributed by atoms with E-state index in [1.54, 1.807) is 6.26 Å². The maximum atomic E-state index is 11.1. The third kappa shape index (κ3) is 3.84. The highest BCUT2D eigenvalue weighted by atomic mass is 32.2. The molecule has 0 bridgehead atoms. The Morgan fingerprint density at radius 2 is 1.64 bits per heavy atom. The first-order valence-corrected chi connectivity index (χ1v) is 6.88. The molecule has 1 unspecified atom stereocenters. The summed E-state index contributed by atoms with van der Waals surface area (Å²) in [4.78, 5) is 2.12. The van der Waals surface area contributed by atoms with Gasteiger partial charge in [-0.15, -0.1) is 11.8 Å². The van der Waals surface area contributed by atoms with Crippen LogP contribution in [0.2, 0.25) is 0 Å². The first-order chi connectivity index (χ1) is 6.38. The van der Waals surface area contributed by atoms with E-state index in [1.807, 2.05) is 36.0 Å². The Hall–Kier alpha value is -0.280. The van der Waals surface area contributed by atoms with Crippen LogP contribution in [-0.4, -0.2) is 15.2 Å². The molecule has 1 aromatic carbocycles. The summed E-state index contributed by atoms with van der Waals surface area (Å²) in [6, 6.07) is 7.94. The van der Waals surface area contributed by atoms with E-state index in [9.17, 15) is 4.21 Å². The van der Waals surface area contributed by atoms with Crippen LogP contribution in [0.1, 0.15) is 20.8 Å². The van der Waals surface area contributed by atoms with Gasteiger partial charge >= 0.3 is 0 Å². The lowest BCUT2D eigenvalue weighted by Gasteiger charge is -2.17. The fraction of sp³-hybridized carbons (Fsp3) is 0.455. The summed E-state index contributed by atoms with van der Waals surface area (Å²) in [7, 11) is -0.870. The van der Waals surface area contributed by atoms with Crippen molar-refractivity contribution in [1.29, 1.82) is 0 Å². The van der Waals surface area contributed by atoms with E-state index in [0.29, 0.717) is 0 Å². The van der Waals surface area contributed by atoms with Gasteiger partial charge in [-0.3, -0.25) is 4.21 Å². The molecule has 1 aromatic rings. The van der Waals surface area contributed by atoms with Crippen LogP contribution in [0.25, 0.3) is 0 Å². The lowest BCUT2D eigenvalue weighted by Crippen LogP contribution is -2.06. The highest BCUT2D eigenvalue weighted by Crippen LogP contribution is 2.31. The molecule has 1 atom stereocenters. The van der Waals surface area contributed by atoms with Crippen molar-refractivity contribution in [2.45, 2.75) is 35.3 Å². The van der Waals surface area contributed by atoms with Gasteiger partial charge in [0.1, 0.15) is 0 Å². The van der Waals surface area contributed by atoms with Gasteiger partial charge in [0, 0.05) is 31.6 Å². The molecule has 78 valence electrons. The van der Waals surface area contributed by atoms with Gasteiger partial charge in [-0.2, -0.15) is 0 Å². The summed E-state index contributed by atoms with van der Waals surface area (Å²) in [5, 5.41) is 0. The zero-order chi connectivity index (χ0) is 10.8. The SMILES string of the molecule is CS(=O)c1ccc(SC(C)(C)C)cc1. The van der Waals surface area contributed by atoms with Crippen LogP contribution in [0.3, 0.4) is 0 Å². The maximum absolute atomic E-state index is 11.1. The normalized spacial score (nSPS) is 14.0. The Morgan fingerprint density at radius 1 is 1.14 bits per heavy atom. The zero-order valence-electron chi connectivity index (χ0n) is 9.03. The van der Waals surface area contributed by atoms with Gasteiger partial charge in [0.2, 0.25) is 0 Å². The van der Waals surface area contributed by atoms with Crippen molar-refractivity contribution >= 4 is 22.6 Å². The van der Waals surface area contributed by atoms with Crippen LogP contribution in [0.15, 0.2) is 34.1 Å². The van der Waals surface area contributed by atoms with E-state index in [0.717, 1.165) is 4.90 Å². The Morgan fingerprint density at radius 3 is 2.00 bits per heavy atom. The third-order valence-electron chi connectivity index (χ3n) is 1.58. The number of rotatable bonds is 2. The van der Waals surface area contributed by atoms with Crippen molar-refractivity contribution in [2.24, 2.45) is 0 Å². The van der Waals surface area contributed by atoms with E-state index >= 15 is 0 Å². The summed E-state index contributed by atoms with van der Waals surface area (Å²) >= 11 is 1.82. The van der Waals surface area contributed by atoms with E-state index < -0.39 is 10.8 Å². The summed E-state index contributed by atoms with van der Waals surface area (Å²) in [6.45, 7) is 6.55. The van der Waals surface area contributed by atoms with Crippen LogP contribution in [0.5, 0.6) is 0 Å². The number of thioether (sulfide) groups is 1. The molecule has 1 rings (SSSR count). The molecule has 14 heavy (non-hydrogen) atoms. The molecule has 0 heterocycles. The predicted molar refractivity (Wildman–Crippen MR) is 64.4 cm³/mol. The lowest BCUT2D eigenvalue weighted by molar-refractivity contribution is 0.686. The van der Waals surface area contributed by atoms with Gasteiger partial charge in [-0.05, 0) is 24.3 Å². The third-order valence-corrected chi connectivity index (χ3v) is 3.64. The van der Waals surface area contributed by atoms with Crippen LogP contribution in [0, 0.1) is 0 Å². The fourth-order valence-electron chi connectivity index (χ4n) is 1.05. The monoisotopic (exact) mass is 228 g/mol. The van der Waals surface area contributed by atoms with Gasteiger partial charge in [-0.25, -0.2) is 0 Å². The number of hydrogen-bond acceptors (Lipinski definition) is 2. The first-order valence-electron chi connectivity index (χ1n) is 4.51. The minimum absolute atomic E-state index is 0.229. The molecule has 0 spiro atoms. The van der Waals surface area contributed by atoms with E-state index in [2.05, 4.69) is 20.8 Å². The lowest BCUT2D eigenvalue weighted by atomic mass is 10.3. The highest BCUT2D eigenvalue weighted by Gasteiger charge is 2.11. The molecular weight excluding hydrogens is 212 g/mol. The minimum atomic E-state index is -0.870. The topological polar surface area (TPSA) is 17.1 Å². The van der Waals surface area contributed by atoms with Gasteiger partial charge in [0.05, 0.1) is 0 Å². The van der Waals surface area contributed by atoms with Crippen molar-refractivity contribution in [2.75, 3.05) is 6.26 Å². The molecule has 0 N–H and O–H groups in total. The van der Waals surface area contributed by atoms with Crippen molar-refractivity contribution in [1.82, 2.24) is 0 Å². The van der Waals surface area contributed by atoms with Gasteiger partial charge < -0.3 is 0 Å². The maximum Gasteiger partial charge on any atom is 0.0498 e. The molecular formula is C11H16OS2. The zero-order valence-corrected chi connectivity index (χ0v) is 10.7. The van der Waals surface area contributed by atoms with Crippen molar-refractivity contribution in [3.05, 3.63) is 24.3 Å². The number of hydrogen-bond donors (Lipinski definition) is 0. The molecule has 0 amide bonds. The average Bonchev–Trinajstić information content (AvgIpc) is 2.02. The van der Waals surface area contributed by atoms with Crippen molar-refractivity contribution in [3.8, 4) is 0 Å². The summed E-state index contributed by atoms with van der Waals surface area (Å²) in [5.74, 6) is 0. The molecule has 3 heteroatoms. The molecule has 0 fully saturated rings. The molecule has 0 saturated heterocycles. The second-order valence-electron chi connectivity index (χ2n) is 4.14. The Labute approximate surface area is 92.8 Å². The van der Waals surface area contributed by atoms with Gasteiger partial charge in [-0.1, -0.05) is 20.8 Å². The second kappa shape index (κ2) is 4.49. The predicted octanol–water partition coefficient (Wildman–Crippen LogP) is 3.31. The smallest absolute Gasteiger partial charge is 0.0498 e. The Kier molecular flexibility index (Phi) is 3.78. The highest BCUT2D eigenvalue weighted by molar-refractivity contribution is 8.00.